The molecule has 2 aromatic carbocycles. The monoisotopic (exact) mass is 501 g/mol. The third-order valence-electron chi connectivity index (χ3n) is 5.58. The third-order valence-corrected chi connectivity index (χ3v) is 6.65. The minimum atomic E-state index is -3.76. The first kappa shape index (κ1) is 28.2. The fourth-order valence-electron chi connectivity index (χ4n) is 3.80. The Bertz CT molecular complexity index is 1070. The number of nitrogens with one attached hydrogen (secondary N) is 2. The van der Waals surface area contributed by atoms with Gasteiger partial charge >= 0.3 is 0 Å². The first-order valence-electron chi connectivity index (χ1n) is 11.6. The molecule has 0 fully saturated rings. The number of carbonyl (C=O) groups excluding carboxylic acids is 2. The van der Waals surface area contributed by atoms with Crippen LogP contribution in [0.1, 0.15) is 37.8 Å². The Morgan fingerprint density at radius 2 is 1.57 bits per heavy atom. The van der Waals surface area contributed by atoms with Gasteiger partial charge in [0.05, 0.1) is 18.1 Å². The summed E-state index contributed by atoms with van der Waals surface area (Å²) in [5.41, 5.74) is 6.05. The normalized spacial score (nSPS) is 13.7. The second kappa shape index (κ2) is 13.8. The molecule has 0 bridgehead atoms. The maximum Gasteiger partial charge on any atom is 0.247 e. The van der Waals surface area contributed by atoms with Crippen molar-refractivity contribution >= 4 is 27.9 Å². The molecule has 2 rings (SSSR count). The standard InChI is InChI=1S/C26H35N3O5S/c1-20(2)19-24(23(26(31)28-32)16-10-15-21-11-6-4-7-12-21)25(30)27-29(35(3,33)34)18-17-22-13-8-5-9-14-22/h4-15,20,23-24,32H,16-19H2,1-3H3,(H,27,30)(H,28,31)/t23-,24+/m0/s1. The fraction of sp³-hybridized carbons (Fsp3) is 0.385. The number of rotatable bonds is 13. The zero-order valence-electron chi connectivity index (χ0n) is 20.4. The van der Waals surface area contributed by atoms with Gasteiger partial charge in [-0.3, -0.25) is 20.2 Å². The molecule has 2 amide bonds. The number of carbonyl (C=O) groups is 2. The molecule has 2 aromatic rings. The van der Waals surface area contributed by atoms with E-state index in [4.69, 9.17) is 0 Å². The molecule has 0 saturated heterocycles. The molecular weight excluding hydrogens is 466 g/mol. The molecule has 0 spiro atoms. The van der Waals surface area contributed by atoms with Crippen LogP contribution in [0.4, 0.5) is 0 Å². The second-order valence-corrected chi connectivity index (χ2v) is 10.8. The van der Waals surface area contributed by atoms with Gasteiger partial charge in [-0.15, -0.1) is 4.41 Å². The Kier molecular flexibility index (Phi) is 11.1. The highest BCUT2D eigenvalue weighted by Gasteiger charge is 2.35. The molecule has 0 radical (unpaired) electrons. The van der Waals surface area contributed by atoms with Gasteiger partial charge in [0.2, 0.25) is 21.8 Å². The Balaban J connectivity index is 2.23. The third kappa shape index (κ3) is 9.64. The van der Waals surface area contributed by atoms with Crippen molar-refractivity contribution in [1.82, 2.24) is 15.3 Å². The largest absolute Gasteiger partial charge is 0.289 e. The molecule has 190 valence electrons. The molecule has 2 atom stereocenters. The smallest absolute Gasteiger partial charge is 0.247 e. The van der Waals surface area contributed by atoms with Gasteiger partial charge < -0.3 is 0 Å². The molecule has 3 N–H and O–H groups in total. The van der Waals surface area contributed by atoms with Crippen molar-refractivity contribution in [2.75, 3.05) is 12.8 Å². The predicted molar refractivity (Wildman–Crippen MR) is 136 cm³/mol. The van der Waals surface area contributed by atoms with Crippen LogP contribution in [0.3, 0.4) is 0 Å². The maximum atomic E-state index is 13.3. The number of hydrogen-bond acceptors (Lipinski definition) is 5. The number of nitrogens with zero attached hydrogens (tertiary/aromatic N) is 1. The summed E-state index contributed by atoms with van der Waals surface area (Å²) in [6.45, 7) is 3.88. The summed E-state index contributed by atoms with van der Waals surface area (Å²) < 4.78 is 25.7. The van der Waals surface area contributed by atoms with Crippen LogP contribution < -0.4 is 10.9 Å². The van der Waals surface area contributed by atoms with Crippen molar-refractivity contribution in [2.24, 2.45) is 17.8 Å². The molecule has 0 heterocycles. The van der Waals surface area contributed by atoms with E-state index >= 15 is 0 Å². The van der Waals surface area contributed by atoms with E-state index in [1.54, 1.807) is 11.6 Å². The Morgan fingerprint density at radius 3 is 2.11 bits per heavy atom. The molecule has 0 saturated carbocycles. The SMILES string of the molecule is CC(C)C[C@@H](C(=O)NN(CCc1ccccc1)S(C)(=O)=O)[C@H](CC=Cc1ccccc1)C(=O)NO. The molecule has 35 heavy (non-hydrogen) atoms. The highest BCUT2D eigenvalue weighted by molar-refractivity contribution is 7.88. The molecule has 0 aromatic heterocycles. The lowest BCUT2D eigenvalue weighted by molar-refractivity contribution is -0.141. The number of benzene rings is 2. The van der Waals surface area contributed by atoms with E-state index in [1.807, 2.05) is 80.6 Å². The molecule has 0 unspecified atom stereocenters. The number of hydroxylamine groups is 1. The summed E-state index contributed by atoms with van der Waals surface area (Å²) >= 11 is 0. The molecule has 8 nitrogen and oxygen atoms in total. The predicted octanol–water partition coefficient (Wildman–Crippen LogP) is 3.41. The van der Waals surface area contributed by atoms with E-state index in [2.05, 4.69) is 5.43 Å². The maximum absolute atomic E-state index is 13.3. The van der Waals surface area contributed by atoms with Gasteiger partial charge in [-0.25, -0.2) is 13.9 Å². The quantitative estimate of drug-likeness (QED) is 0.287. The molecule has 0 aliphatic carbocycles. The average molecular weight is 502 g/mol. The highest BCUT2D eigenvalue weighted by Crippen LogP contribution is 2.26. The van der Waals surface area contributed by atoms with Gasteiger partial charge in [-0.1, -0.05) is 86.7 Å². The summed E-state index contributed by atoms with van der Waals surface area (Å²) in [7, 11) is -3.76. The molecular formula is C26H35N3O5S. The van der Waals surface area contributed by atoms with Gasteiger partial charge in [0.15, 0.2) is 0 Å². The number of amides is 2. The molecule has 9 heteroatoms. The molecule has 0 aliphatic rings. The van der Waals surface area contributed by atoms with Crippen LogP contribution in [0.25, 0.3) is 6.08 Å². The second-order valence-electron chi connectivity index (χ2n) is 8.91. The molecule has 0 aliphatic heterocycles. The topological polar surface area (TPSA) is 116 Å². The van der Waals surface area contributed by atoms with E-state index in [9.17, 15) is 23.2 Å². The van der Waals surface area contributed by atoms with Crippen molar-refractivity contribution in [3.8, 4) is 0 Å². The highest BCUT2D eigenvalue weighted by atomic mass is 32.2. The first-order valence-corrected chi connectivity index (χ1v) is 13.4. The number of sulfonamides is 1. The van der Waals surface area contributed by atoms with Crippen LogP contribution in [0.5, 0.6) is 0 Å². The van der Waals surface area contributed by atoms with Gasteiger partial charge in [0.25, 0.3) is 0 Å². The van der Waals surface area contributed by atoms with Crippen LogP contribution in [-0.4, -0.2) is 42.7 Å². The van der Waals surface area contributed by atoms with Gasteiger partial charge in [0, 0.05) is 6.54 Å². The van der Waals surface area contributed by atoms with Gasteiger partial charge in [-0.2, -0.15) is 0 Å². The first-order chi connectivity index (χ1) is 16.6. The van der Waals surface area contributed by atoms with Crippen LogP contribution in [0.15, 0.2) is 66.7 Å². The summed E-state index contributed by atoms with van der Waals surface area (Å²) in [6.07, 6.45) is 5.57. The van der Waals surface area contributed by atoms with Crippen molar-refractivity contribution in [1.29, 1.82) is 0 Å². The zero-order valence-corrected chi connectivity index (χ0v) is 21.2. The van der Waals surface area contributed by atoms with E-state index in [1.165, 1.54) is 0 Å². The zero-order chi connectivity index (χ0) is 25.8. The number of hydrogen-bond donors (Lipinski definition) is 3. The van der Waals surface area contributed by atoms with Crippen molar-refractivity contribution < 1.29 is 23.2 Å². The lowest BCUT2D eigenvalue weighted by Gasteiger charge is -2.28. The van der Waals surface area contributed by atoms with Crippen molar-refractivity contribution in [2.45, 2.75) is 33.1 Å². The van der Waals surface area contributed by atoms with Crippen LogP contribution >= 0.6 is 0 Å². The Morgan fingerprint density at radius 1 is 0.971 bits per heavy atom. The summed E-state index contributed by atoms with van der Waals surface area (Å²) in [5, 5.41) is 9.35. The van der Waals surface area contributed by atoms with E-state index in [-0.39, 0.29) is 18.9 Å². The average Bonchev–Trinajstić information content (AvgIpc) is 2.83. The van der Waals surface area contributed by atoms with E-state index < -0.39 is 33.7 Å². The summed E-state index contributed by atoms with van der Waals surface area (Å²) in [4.78, 5) is 25.9. The van der Waals surface area contributed by atoms with Crippen LogP contribution in [-0.2, 0) is 26.0 Å². The van der Waals surface area contributed by atoms with E-state index in [0.29, 0.717) is 12.8 Å². The van der Waals surface area contributed by atoms with Crippen molar-refractivity contribution in [3.05, 3.63) is 77.9 Å². The van der Waals surface area contributed by atoms with Gasteiger partial charge in [0.1, 0.15) is 0 Å². The van der Waals surface area contributed by atoms with Crippen LogP contribution in [0.2, 0.25) is 0 Å². The minimum absolute atomic E-state index is 0.0494. The Hall–Kier alpha value is -3.01. The lowest BCUT2D eigenvalue weighted by atomic mass is 9.82. The van der Waals surface area contributed by atoms with Crippen molar-refractivity contribution in [3.63, 3.8) is 0 Å². The number of hydrazine groups is 1. The Labute approximate surface area is 208 Å². The number of allylic oxidation sites excluding steroid dienone is 1. The minimum Gasteiger partial charge on any atom is -0.289 e. The van der Waals surface area contributed by atoms with E-state index in [0.717, 1.165) is 21.8 Å². The summed E-state index contributed by atoms with van der Waals surface area (Å²) in [6, 6.07) is 18.8. The fourth-order valence-corrected chi connectivity index (χ4v) is 4.48. The summed E-state index contributed by atoms with van der Waals surface area (Å²) in [5.74, 6) is -2.98. The van der Waals surface area contributed by atoms with Gasteiger partial charge in [-0.05, 0) is 36.3 Å². The lowest BCUT2D eigenvalue weighted by Crippen LogP contribution is -2.51. The van der Waals surface area contributed by atoms with Crippen LogP contribution in [0, 0.1) is 17.8 Å².